The number of carbonyl (C=O) groups is 2. The number of amides is 2. The van der Waals surface area contributed by atoms with Gasteiger partial charge in [0.25, 0.3) is 5.91 Å². The molecule has 7 rings (SSSR count). The molecule has 4 aromatic carbocycles. The first-order valence-corrected chi connectivity index (χ1v) is 15.4. The number of benzene rings is 4. The number of alkyl halides is 1. The molecule has 0 saturated carbocycles. The Bertz CT molecular complexity index is 1820. The van der Waals surface area contributed by atoms with Gasteiger partial charge in [0.1, 0.15) is 5.75 Å². The fourth-order valence-corrected chi connectivity index (χ4v) is 6.90. The molecule has 0 spiro atoms. The van der Waals surface area contributed by atoms with E-state index >= 15 is 0 Å². The van der Waals surface area contributed by atoms with E-state index in [2.05, 4.69) is 17.1 Å². The molecule has 9 heteroatoms. The summed E-state index contributed by atoms with van der Waals surface area (Å²) >= 11 is 6.33. The lowest BCUT2D eigenvalue weighted by atomic mass is 9.94. The number of carbonyl (C=O) groups excluding carboxylic acids is 2. The third-order valence-electron chi connectivity index (χ3n) is 8.87. The smallest absolute Gasteiger partial charge is 0.257 e. The molecule has 2 atom stereocenters. The molecule has 224 valence electrons. The average Bonchev–Trinajstić information content (AvgIpc) is 3.37. The highest BCUT2D eigenvalue weighted by Crippen LogP contribution is 2.45. The number of aromatic hydroxyl groups is 1. The summed E-state index contributed by atoms with van der Waals surface area (Å²) in [6, 6.07) is 20.8. The molecule has 0 radical (unpaired) electrons. The Morgan fingerprint density at radius 3 is 2.61 bits per heavy atom. The van der Waals surface area contributed by atoms with Crippen LogP contribution in [-0.4, -0.2) is 60.2 Å². The molecule has 2 amide bonds. The molecule has 0 aromatic heterocycles. The van der Waals surface area contributed by atoms with Crippen LogP contribution in [0.15, 0.2) is 71.7 Å². The van der Waals surface area contributed by atoms with Crippen molar-refractivity contribution in [1.29, 1.82) is 0 Å². The summed E-state index contributed by atoms with van der Waals surface area (Å²) in [6.45, 7) is 1.27. The molecule has 0 aliphatic carbocycles. The van der Waals surface area contributed by atoms with Gasteiger partial charge < -0.3 is 24.4 Å². The largest absolute Gasteiger partial charge is 0.507 e. The van der Waals surface area contributed by atoms with Crippen molar-refractivity contribution < 1.29 is 24.2 Å². The van der Waals surface area contributed by atoms with Crippen LogP contribution in [0, 0.1) is 0 Å². The molecular formula is C35H32ClN3O5. The number of hydrogen-bond acceptors (Lipinski definition) is 6. The van der Waals surface area contributed by atoms with E-state index in [4.69, 9.17) is 21.1 Å². The molecule has 1 unspecified atom stereocenters. The van der Waals surface area contributed by atoms with Gasteiger partial charge in [-0.1, -0.05) is 48.5 Å². The summed E-state index contributed by atoms with van der Waals surface area (Å²) in [4.78, 5) is 35.3. The maximum atomic E-state index is 13.6. The quantitative estimate of drug-likeness (QED) is 0.194. The van der Waals surface area contributed by atoms with Gasteiger partial charge in [0, 0.05) is 55.0 Å². The monoisotopic (exact) mass is 609 g/mol. The number of hydrogen-bond donors (Lipinski definition) is 1. The Kier molecular flexibility index (Phi) is 7.38. The van der Waals surface area contributed by atoms with Gasteiger partial charge in [0.05, 0.1) is 36.7 Å². The van der Waals surface area contributed by atoms with Gasteiger partial charge in [-0.05, 0) is 41.0 Å². The predicted octanol–water partition coefficient (Wildman–Crippen LogP) is 6.37. The SMILES string of the molecule is COc1cc2c(cc1OCCCC(=O)N1C[C@@H](CCl)c3c1cc(O)c1ccccc31)N=CC1Cc3ccccc3CN1C2=O. The van der Waals surface area contributed by atoms with Crippen LogP contribution in [0.1, 0.15) is 45.8 Å². The third kappa shape index (κ3) is 4.83. The van der Waals surface area contributed by atoms with Gasteiger partial charge in [-0.2, -0.15) is 0 Å². The van der Waals surface area contributed by atoms with Crippen molar-refractivity contribution in [1.82, 2.24) is 4.90 Å². The topological polar surface area (TPSA) is 91.7 Å². The minimum atomic E-state index is -0.125. The van der Waals surface area contributed by atoms with Crippen molar-refractivity contribution in [2.45, 2.75) is 37.8 Å². The van der Waals surface area contributed by atoms with Gasteiger partial charge in [-0.3, -0.25) is 14.6 Å². The summed E-state index contributed by atoms with van der Waals surface area (Å²) in [5, 5.41) is 12.3. The number of fused-ring (bicyclic) bond motifs is 6. The maximum absolute atomic E-state index is 13.6. The Balaban J connectivity index is 1.05. The number of phenolic OH excluding ortho intramolecular Hbond substituents is 1. The van der Waals surface area contributed by atoms with Crippen molar-refractivity contribution in [2.75, 3.05) is 31.0 Å². The first-order chi connectivity index (χ1) is 21.5. The minimum absolute atomic E-state index is 0.0150. The van der Waals surface area contributed by atoms with E-state index in [1.807, 2.05) is 47.5 Å². The van der Waals surface area contributed by atoms with E-state index in [-0.39, 0.29) is 42.6 Å². The van der Waals surface area contributed by atoms with Crippen LogP contribution >= 0.6 is 11.6 Å². The van der Waals surface area contributed by atoms with Crippen molar-refractivity contribution in [2.24, 2.45) is 4.99 Å². The first kappa shape index (κ1) is 28.2. The fraction of sp³-hybridized carbons (Fsp3) is 0.286. The van der Waals surface area contributed by atoms with E-state index in [9.17, 15) is 14.7 Å². The molecule has 3 aliphatic heterocycles. The summed E-state index contributed by atoms with van der Waals surface area (Å²) in [7, 11) is 1.54. The van der Waals surface area contributed by atoms with Gasteiger partial charge >= 0.3 is 0 Å². The Labute approximate surface area is 260 Å². The lowest BCUT2D eigenvalue weighted by Crippen LogP contribution is -2.44. The lowest BCUT2D eigenvalue weighted by Gasteiger charge is -2.34. The number of ether oxygens (including phenoxy) is 2. The fourth-order valence-electron chi connectivity index (χ4n) is 6.65. The van der Waals surface area contributed by atoms with E-state index in [0.29, 0.717) is 53.8 Å². The predicted molar refractivity (Wildman–Crippen MR) is 171 cm³/mol. The molecule has 1 N–H and O–H groups in total. The summed E-state index contributed by atoms with van der Waals surface area (Å²) < 4.78 is 11.7. The third-order valence-corrected chi connectivity index (χ3v) is 9.24. The second-order valence-electron chi connectivity index (χ2n) is 11.5. The normalized spacial score (nSPS) is 18.4. The van der Waals surface area contributed by atoms with Crippen molar-refractivity contribution >= 4 is 51.8 Å². The second-order valence-corrected chi connectivity index (χ2v) is 11.8. The van der Waals surface area contributed by atoms with E-state index in [0.717, 1.165) is 28.3 Å². The minimum Gasteiger partial charge on any atom is -0.507 e. The zero-order chi connectivity index (χ0) is 30.4. The number of aliphatic imine (C=N–C) groups is 1. The van der Waals surface area contributed by atoms with E-state index in [1.54, 1.807) is 30.2 Å². The highest BCUT2D eigenvalue weighted by molar-refractivity contribution is 6.19. The lowest BCUT2D eigenvalue weighted by molar-refractivity contribution is -0.118. The Hall–Kier alpha value is -4.56. The average molecular weight is 610 g/mol. The highest BCUT2D eigenvalue weighted by Gasteiger charge is 2.35. The second kappa shape index (κ2) is 11.5. The molecule has 0 bridgehead atoms. The molecule has 3 heterocycles. The van der Waals surface area contributed by atoms with Crippen LogP contribution in [0.5, 0.6) is 17.2 Å². The summed E-state index contributed by atoms with van der Waals surface area (Å²) in [5.41, 5.74) is 5.11. The van der Waals surface area contributed by atoms with Crippen molar-refractivity contribution in [3.63, 3.8) is 0 Å². The van der Waals surface area contributed by atoms with Crippen LogP contribution in [0.2, 0.25) is 0 Å². The Morgan fingerprint density at radius 2 is 1.82 bits per heavy atom. The number of methoxy groups -OCH3 is 1. The van der Waals surface area contributed by atoms with Gasteiger partial charge in [0.15, 0.2) is 11.5 Å². The van der Waals surface area contributed by atoms with Crippen molar-refractivity contribution in [3.8, 4) is 17.2 Å². The van der Waals surface area contributed by atoms with Crippen LogP contribution in [-0.2, 0) is 17.8 Å². The van der Waals surface area contributed by atoms with E-state index < -0.39 is 0 Å². The van der Waals surface area contributed by atoms with Crippen LogP contribution in [0.25, 0.3) is 10.8 Å². The van der Waals surface area contributed by atoms with Gasteiger partial charge in [0.2, 0.25) is 5.91 Å². The van der Waals surface area contributed by atoms with Gasteiger partial charge in [-0.25, -0.2) is 0 Å². The number of phenols is 1. The first-order valence-electron chi connectivity index (χ1n) is 14.8. The Morgan fingerprint density at radius 1 is 1.05 bits per heavy atom. The number of anilines is 1. The number of rotatable bonds is 7. The number of nitrogens with zero attached hydrogens (tertiary/aromatic N) is 3. The summed E-state index contributed by atoms with van der Waals surface area (Å²) in [5.74, 6) is 1.27. The van der Waals surface area contributed by atoms with Crippen LogP contribution in [0.3, 0.4) is 0 Å². The maximum Gasteiger partial charge on any atom is 0.257 e. The van der Waals surface area contributed by atoms with Crippen LogP contribution < -0.4 is 14.4 Å². The summed E-state index contributed by atoms with van der Waals surface area (Å²) in [6.07, 6.45) is 3.28. The molecule has 0 fully saturated rings. The van der Waals surface area contributed by atoms with Gasteiger partial charge in [-0.15, -0.1) is 11.6 Å². The molecule has 0 saturated heterocycles. The molecule has 8 nitrogen and oxygen atoms in total. The molecular weight excluding hydrogens is 578 g/mol. The zero-order valence-electron chi connectivity index (χ0n) is 24.3. The highest BCUT2D eigenvalue weighted by atomic mass is 35.5. The van der Waals surface area contributed by atoms with E-state index in [1.165, 1.54) is 5.56 Å². The molecule has 44 heavy (non-hydrogen) atoms. The zero-order valence-corrected chi connectivity index (χ0v) is 25.1. The standard InChI is InChI=1S/C35H32ClN3O5/c1-43-31-14-27-28(37-18-24-13-21-7-2-3-8-22(21)19-38(24)35(27)42)15-32(31)44-12-6-11-33(41)39-20-23(17-36)34-26-10-5-4-9-25(26)30(40)16-29(34)39/h2-5,7-10,14-16,18,23-24,40H,6,11-13,17,19-20H2,1H3/t23-,24?/m1/s1. The molecule has 4 aromatic rings. The molecule has 3 aliphatic rings. The van der Waals surface area contributed by atoms with Crippen LogP contribution in [0.4, 0.5) is 11.4 Å². The van der Waals surface area contributed by atoms with Crippen molar-refractivity contribution in [3.05, 3.63) is 89.0 Å². The number of halogens is 1.